The molecular formula is C32H56AlClN8O3S. The maximum absolute atomic E-state index is 13.6. The molecule has 8 bridgehead atoms. The zero-order valence-corrected chi connectivity index (χ0v) is 30.1. The van der Waals surface area contributed by atoms with Crippen LogP contribution in [0.3, 0.4) is 0 Å². The first-order valence-corrected chi connectivity index (χ1v) is 23.2. The predicted molar refractivity (Wildman–Crippen MR) is 179 cm³/mol. The lowest BCUT2D eigenvalue weighted by molar-refractivity contribution is 0.167. The van der Waals surface area contributed by atoms with Crippen LogP contribution in [-0.4, -0.2) is 77.6 Å². The van der Waals surface area contributed by atoms with Crippen molar-refractivity contribution in [3.05, 3.63) is 0 Å². The molecule has 14 heteroatoms. The molecule has 8 N–H and O–H groups in total. The molecule has 9 rings (SSSR count). The van der Waals surface area contributed by atoms with Crippen LogP contribution in [0.25, 0.3) is 0 Å². The Bertz CT molecular complexity index is 1220. The minimum Gasteiger partial charge on any atom is -0.383 e. The summed E-state index contributed by atoms with van der Waals surface area (Å²) < 4.78 is 32.6. The van der Waals surface area contributed by atoms with Gasteiger partial charge in [0.25, 0.3) is 0 Å². The van der Waals surface area contributed by atoms with Gasteiger partial charge in [0.15, 0.2) is 0 Å². The highest BCUT2D eigenvalue weighted by atomic mass is 35.6. The summed E-state index contributed by atoms with van der Waals surface area (Å²) in [4.78, 5) is 0. The van der Waals surface area contributed by atoms with Gasteiger partial charge in [-0.05, 0) is 92.8 Å². The van der Waals surface area contributed by atoms with Crippen LogP contribution < -0.4 is 42.5 Å². The van der Waals surface area contributed by atoms with Crippen LogP contribution in [0, 0.1) is 47.3 Å². The first-order valence-electron chi connectivity index (χ1n) is 19.0. The largest absolute Gasteiger partial charge is 0.584 e. The SMILES string of the molecule is O=S(=O)([O][AlH][Cl])C1CCCC2C3NC4NC(NC5NC(NC6NC(NC(N3)C21)C1CCCCC61)C1CCCCC51)C1CCCCC41. The molecule has 258 valence electrons. The Hall–Kier alpha value is 0.412. The third-order valence-electron chi connectivity index (χ3n) is 14.4. The summed E-state index contributed by atoms with van der Waals surface area (Å²) in [6.45, 7) is 0. The Balaban J connectivity index is 1.07. The molecular weight excluding hydrogens is 639 g/mol. The quantitative estimate of drug-likeness (QED) is 0.204. The van der Waals surface area contributed by atoms with E-state index in [1.807, 2.05) is 0 Å². The van der Waals surface area contributed by atoms with Crippen molar-refractivity contribution < 1.29 is 11.7 Å². The molecule has 5 aliphatic heterocycles. The Morgan fingerprint density at radius 2 is 0.739 bits per heavy atom. The number of fused-ring (bicyclic) bond motifs is 20. The number of hydrogen-bond donors (Lipinski definition) is 8. The van der Waals surface area contributed by atoms with E-state index in [1.54, 1.807) is 0 Å². The fourth-order valence-electron chi connectivity index (χ4n) is 12.5. The first kappa shape index (κ1) is 32.3. The van der Waals surface area contributed by atoms with Crippen LogP contribution in [-0.2, 0) is 13.4 Å². The second-order valence-corrected chi connectivity index (χ2v) is 19.8. The standard InChI is InChI=1S/C32H56N8O3S.Al.ClH.H/c41-44(42,43)23-15-7-14-22-24(23)32-39-30-21-13-6-5-12-20(21)28(37-30)35-26-17-9-2-1-8-16(17)25(33-26)34-27-18-10-3-4-11-19(18)29(36-27)38-31(22)40-32;;;/h16-40H,1-15H2,(H,41,42,43);;1H;/q;+2;;/p-2. The molecule has 5 saturated heterocycles. The molecule has 11 nitrogen and oxygen atoms in total. The predicted octanol–water partition coefficient (Wildman–Crippen LogP) is 1.44. The van der Waals surface area contributed by atoms with Crippen molar-refractivity contribution in [2.24, 2.45) is 47.3 Å². The lowest BCUT2D eigenvalue weighted by Gasteiger charge is -2.38. The molecule has 0 spiro atoms. The average molecular weight is 695 g/mol. The van der Waals surface area contributed by atoms with Crippen LogP contribution >= 0.6 is 10.0 Å². The molecule has 0 amide bonds. The van der Waals surface area contributed by atoms with Gasteiger partial charge in [-0.25, -0.2) is 18.5 Å². The average Bonchev–Trinajstić information content (AvgIpc) is 3.80. The van der Waals surface area contributed by atoms with Crippen LogP contribution in [0.5, 0.6) is 0 Å². The van der Waals surface area contributed by atoms with E-state index in [2.05, 4.69) is 42.5 Å². The van der Waals surface area contributed by atoms with Crippen molar-refractivity contribution in [3.63, 3.8) is 0 Å². The molecule has 9 fully saturated rings. The molecule has 46 heavy (non-hydrogen) atoms. The van der Waals surface area contributed by atoms with E-state index < -0.39 is 30.0 Å². The lowest BCUT2D eigenvalue weighted by Crippen LogP contribution is -2.62. The van der Waals surface area contributed by atoms with Crippen LogP contribution in [0.15, 0.2) is 0 Å². The highest BCUT2D eigenvalue weighted by Gasteiger charge is 2.57. The Morgan fingerprint density at radius 3 is 1.09 bits per heavy atom. The van der Waals surface area contributed by atoms with Crippen LogP contribution in [0.2, 0.25) is 0 Å². The zero-order valence-electron chi connectivity index (χ0n) is 27.1. The van der Waals surface area contributed by atoms with E-state index in [0.717, 1.165) is 12.8 Å². The molecule has 0 aromatic heterocycles. The van der Waals surface area contributed by atoms with Gasteiger partial charge in [-0.3, -0.25) is 42.5 Å². The number of halogens is 1. The highest BCUT2D eigenvalue weighted by Crippen LogP contribution is 2.46. The molecule has 17 unspecified atom stereocenters. The van der Waals surface area contributed by atoms with E-state index in [4.69, 9.17) is 13.3 Å². The van der Waals surface area contributed by atoms with Gasteiger partial charge < -0.3 is 3.23 Å². The van der Waals surface area contributed by atoms with Crippen molar-refractivity contribution in [2.45, 2.75) is 151 Å². The topological polar surface area (TPSA) is 140 Å². The van der Waals surface area contributed by atoms with E-state index >= 15 is 0 Å². The summed E-state index contributed by atoms with van der Waals surface area (Å²) in [5.41, 5.74) is 0. The summed E-state index contributed by atoms with van der Waals surface area (Å²) in [6, 6.07) is 0. The van der Waals surface area contributed by atoms with Crippen molar-refractivity contribution in [2.75, 3.05) is 0 Å². The maximum Gasteiger partial charge on any atom is 0.584 e. The van der Waals surface area contributed by atoms with Crippen LogP contribution in [0.1, 0.15) is 96.3 Å². The Kier molecular flexibility index (Phi) is 9.27. The van der Waals surface area contributed by atoms with Gasteiger partial charge >= 0.3 is 14.6 Å². The zero-order chi connectivity index (χ0) is 31.0. The smallest absolute Gasteiger partial charge is 0.383 e. The number of hydrogen-bond acceptors (Lipinski definition) is 11. The van der Waals surface area contributed by atoms with Gasteiger partial charge in [0.1, 0.15) is 0 Å². The van der Waals surface area contributed by atoms with Gasteiger partial charge in [-0.1, -0.05) is 44.9 Å². The summed E-state index contributed by atoms with van der Waals surface area (Å²) >= 11 is -1.60. The van der Waals surface area contributed by atoms with Gasteiger partial charge in [-0.2, -0.15) is 0 Å². The van der Waals surface area contributed by atoms with Crippen molar-refractivity contribution >= 4 is 34.8 Å². The van der Waals surface area contributed by atoms with Crippen LogP contribution in [0.4, 0.5) is 0 Å². The fraction of sp³-hybridized carbons (Fsp3) is 1.00. The van der Waals surface area contributed by atoms with Crippen molar-refractivity contribution in [3.8, 4) is 0 Å². The second kappa shape index (κ2) is 13.2. The highest BCUT2D eigenvalue weighted by molar-refractivity contribution is 7.88. The van der Waals surface area contributed by atoms with Crippen molar-refractivity contribution in [1.82, 2.24) is 42.5 Å². The second-order valence-electron chi connectivity index (χ2n) is 16.4. The minimum atomic E-state index is -3.73. The van der Waals surface area contributed by atoms with E-state index in [-0.39, 0.29) is 48.8 Å². The van der Waals surface area contributed by atoms with Gasteiger partial charge in [-0.15, -0.1) is 0 Å². The lowest BCUT2D eigenvalue weighted by atomic mass is 9.76. The third kappa shape index (κ3) is 5.68. The third-order valence-corrected chi connectivity index (χ3v) is 18.2. The summed E-state index contributed by atoms with van der Waals surface area (Å²) in [5, 5.41) is 32.3. The van der Waals surface area contributed by atoms with Gasteiger partial charge in [0, 0.05) is 5.92 Å². The summed E-state index contributed by atoms with van der Waals surface area (Å²) in [5.74, 6) is 3.71. The monoisotopic (exact) mass is 694 g/mol. The molecule has 17 atom stereocenters. The molecule has 0 radical (unpaired) electrons. The fourth-order valence-corrected chi connectivity index (χ4v) is 16.0. The van der Waals surface area contributed by atoms with E-state index in [9.17, 15) is 8.42 Å². The molecule has 4 aliphatic carbocycles. The molecule has 0 aromatic rings. The van der Waals surface area contributed by atoms with Crippen molar-refractivity contribution in [1.29, 1.82) is 0 Å². The minimum absolute atomic E-state index is 0.0367. The molecule has 4 saturated carbocycles. The molecule has 9 aliphatic rings. The number of nitrogens with one attached hydrogen (secondary N) is 8. The van der Waals surface area contributed by atoms with E-state index in [1.165, 1.54) is 77.0 Å². The molecule has 0 aromatic carbocycles. The van der Waals surface area contributed by atoms with Gasteiger partial charge in [0.2, 0.25) is 10.1 Å². The maximum atomic E-state index is 13.6. The first-order chi connectivity index (χ1) is 22.5. The Morgan fingerprint density at radius 1 is 0.435 bits per heavy atom. The molecule has 5 heterocycles. The normalized spacial score (nSPS) is 53.5. The number of rotatable bonds is 3. The summed E-state index contributed by atoms with van der Waals surface area (Å²) in [7, 11) is 2.28. The Labute approximate surface area is 286 Å². The summed E-state index contributed by atoms with van der Waals surface area (Å²) in [6.07, 6.45) is 19.3. The van der Waals surface area contributed by atoms with Gasteiger partial charge in [0.05, 0.1) is 54.6 Å². The van der Waals surface area contributed by atoms with E-state index in [0.29, 0.717) is 54.3 Å².